The van der Waals surface area contributed by atoms with E-state index in [9.17, 15) is 0 Å². The van der Waals surface area contributed by atoms with Crippen LogP contribution in [0.4, 0.5) is 11.4 Å². The van der Waals surface area contributed by atoms with E-state index in [2.05, 4.69) is 118 Å². The predicted molar refractivity (Wildman–Crippen MR) is 179 cm³/mol. The van der Waals surface area contributed by atoms with Crippen LogP contribution in [0.25, 0.3) is 11.8 Å². The first-order chi connectivity index (χ1) is 21.7. The number of hydrogen-bond donors (Lipinski definition) is 4. The van der Waals surface area contributed by atoms with Crippen molar-refractivity contribution < 1.29 is 0 Å². The Balaban J connectivity index is 1.35. The third-order valence-corrected chi connectivity index (χ3v) is 8.14. The van der Waals surface area contributed by atoms with Crippen LogP contribution in [-0.4, -0.2) is 21.4 Å². The predicted octanol–water partition coefficient (Wildman–Crippen LogP) is 6.19. The van der Waals surface area contributed by atoms with Crippen molar-refractivity contribution in [2.45, 2.75) is 12.0 Å². The number of para-hydroxylation sites is 2. The summed E-state index contributed by atoms with van der Waals surface area (Å²) in [4.78, 5) is 17.4. The van der Waals surface area contributed by atoms with Gasteiger partial charge in [0.15, 0.2) is 0 Å². The van der Waals surface area contributed by atoms with E-state index >= 15 is 0 Å². The fraction of sp³-hybridized carbons (Fsp3) is 0.0526. The number of aromatic nitrogens is 2. The summed E-state index contributed by atoms with van der Waals surface area (Å²) in [6.07, 6.45) is 11.5. The molecule has 1 atom stereocenters. The Hall–Kier alpha value is -5.88. The highest BCUT2D eigenvalue weighted by Gasteiger charge is 2.36. The van der Waals surface area contributed by atoms with Gasteiger partial charge >= 0.3 is 0 Å². The lowest BCUT2D eigenvalue weighted by Gasteiger charge is -2.30. The first-order valence-electron chi connectivity index (χ1n) is 14.8. The van der Waals surface area contributed by atoms with Gasteiger partial charge in [-0.3, -0.25) is 0 Å². The van der Waals surface area contributed by atoms with Crippen LogP contribution in [0.15, 0.2) is 161 Å². The molecule has 212 valence electrons. The standard InChI is InChI=1S/C38H30N6/c1-4-10-26(11-5-1)38-23-22-35(44-38)37(43-28-14-8-3-9-15-28)34-20-17-30(40-34)24-29-16-19-32(39-29)36(33-21-18-31(25-38)41-33)42-27-12-6-2-7-13-27/h1-22,24-25,39-40,43-44H,23H2. The minimum absolute atomic E-state index is 0.492. The second kappa shape index (κ2) is 10.7. The van der Waals surface area contributed by atoms with Gasteiger partial charge in [-0.05, 0) is 84.8 Å². The minimum atomic E-state index is -0.492. The van der Waals surface area contributed by atoms with Crippen molar-refractivity contribution in [3.05, 3.63) is 179 Å². The maximum atomic E-state index is 5.13. The molecule has 3 aliphatic rings. The first-order valence-corrected chi connectivity index (χ1v) is 14.8. The Bertz CT molecular complexity index is 2130. The Morgan fingerprint density at radius 1 is 0.750 bits per heavy atom. The minimum Gasteiger partial charge on any atom is -0.370 e. The average Bonchev–Trinajstić information content (AvgIpc) is 3.89. The molecule has 3 aliphatic heterocycles. The molecular weight excluding hydrogens is 540 g/mol. The summed E-state index contributed by atoms with van der Waals surface area (Å²) >= 11 is 0. The number of aliphatic imine (C=N–C) groups is 2. The number of aromatic amines is 2. The van der Waals surface area contributed by atoms with Crippen molar-refractivity contribution in [2.24, 2.45) is 9.98 Å². The van der Waals surface area contributed by atoms with Gasteiger partial charge < -0.3 is 20.6 Å². The Labute approximate surface area is 255 Å². The number of allylic oxidation sites excluding steroid dienone is 2. The molecule has 4 N–H and O–H groups in total. The summed E-state index contributed by atoms with van der Waals surface area (Å²) in [5, 5.41) is 9.59. The van der Waals surface area contributed by atoms with Crippen molar-refractivity contribution in [3.8, 4) is 0 Å². The second-order valence-corrected chi connectivity index (χ2v) is 11.1. The topological polar surface area (TPSA) is 80.4 Å². The molecule has 0 radical (unpaired) electrons. The molecule has 1 unspecified atom stereocenters. The molecule has 0 saturated heterocycles. The zero-order chi connectivity index (χ0) is 29.3. The van der Waals surface area contributed by atoms with Crippen molar-refractivity contribution in [1.29, 1.82) is 0 Å². The highest BCUT2D eigenvalue weighted by Crippen LogP contribution is 2.37. The van der Waals surface area contributed by atoms with E-state index in [1.807, 2.05) is 48.5 Å². The van der Waals surface area contributed by atoms with Crippen molar-refractivity contribution in [1.82, 2.24) is 15.3 Å². The number of H-pyrrole nitrogens is 2. The number of hydrogen-bond acceptors (Lipinski definition) is 4. The van der Waals surface area contributed by atoms with Crippen LogP contribution >= 0.6 is 0 Å². The number of fused-ring (bicyclic) bond motifs is 7. The number of anilines is 1. The van der Waals surface area contributed by atoms with E-state index in [0.29, 0.717) is 0 Å². The molecular formula is C38H30N6. The molecule has 0 fully saturated rings. The van der Waals surface area contributed by atoms with Crippen LogP contribution in [0, 0.1) is 0 Å². The Morgan fingerprint density at radius 3 is 2.34 bits per heavy atom. The van der Waals surface area contributed by atoms with Gasteiger partial charge in [0.1, 0.15) is 5.71 Å². The molecule has 8 rings (SSSR count). The SMILES string of the molecule is C1=CC2=NC1=CC1(c3ccccc3)CC=C(N1)C(Nc1ccccc1)=c1ccc([nH]1)=Cc1ccc([nH]1)C2=Nc1ccccc1. The first kappa shape index (κ1) is 25.8. The highest BCUT2D eigenvalue weighted by atomic mass is 15.1. The van der Waals surface area contributed by atoms with Crippen LogP contribution in [0.5, 0.6) is 0 Å². The van der Waals surface area contributed by atoms with Gasteiger partial charge in [0.05, 0.1) is 45.1 Å². The van der Waals surface area contributed by atoms with E-state index in [4.69, 9.17) is 9.98 Å². The zero-order valence-electron chi connectivity index (χ0n) is 24.0. The fourth-order valence-corrected chi connectivity index (χ4v) is 5.99. The maximum absolute atomic E-state index is 5.13. The van der Waals surface area contributed by atoms with Gasteiger partial charge in [0, 0.05) is 16.7 Å². The lowest BCUT2D eigenvalue weighted by atomic mass is 9.87. The summed E-state index contributed by atoms with van der Waals surface area (Å²) in [7, 11) is 0. The van der Waals surface area contributed by atoms with Crippen molar-refractivity contribution in [3.63, 3.8) is 0 Å². The second-order valence-electron chi connectivity index (χ2n) is 11.1. The number of benzene rings is 3. The van der Waals surface area contributed by atoms with E-state index in [1.54, 1.807) is 0 Å². The number of nitrogens with one attached hydrogen (secondary N) is 4. The summed E-state index contributed by atoms with van der Waals surface area (Å²) in [6.45, 7) is 0. The van der Waals surface area contributed by atoms with E-state index < -0.39 is 5.54 Å². The van der Waals surface area contributed by atoms with Gasteiger partial charge in [-0.25, -0.2) is 9.98 Å². The lowest BCUT2D eigenvalue weighted by molar-refractivity contribution is 0.505. The number of rotatable bonds is 4. The largest absolute Gasteiger partial charge is 0.370 e. The monoisotopic (exact) mass is 570 g/mol. The fourth-order valence-electron chi connectivity index (χ4n) is 5.99. The van der Waals surface area contributed by atoms with Crippen molar-refractivity contribution in [2.75, 3.05) is 5.32 Å². The molecule has 0 saturated carbocycles. The summed E-state index contributed by atoms with van der Waals surface area (Å²) in [6, 6.07) is 39.3. The lowest BCUT2D eigenvalue weighted by Crippen LogP contribution is -2.37. The van der Waals surface area contributed by atoms with Gasteiger partial charge in [0.2, 0.25) is 0 Å². The van der Waals surface area contributed by atoms with Crippen LogP contribution < -0.4 is 21.3 Å². The molecule has 44 heavy (non-hydrogen) atoms. The molecule has 0 aliphatic carbocycles. The van der Waals surface area contributed by atoms with Gasteiger partial charge in [-0.15, -0.1) is 0 Å². The van der Waals surface area contributed by atoms with Crippen LogP contribution in [0.3, 0.4) is 0 Å². The van der Waals surface area contributed by atoms with Crippen LogP contribution in [0.2, 0.25) is 0 Å². The quantitative estimate of drug-likeness (QED) is 0.208. The van der Waals surface area contributed by atoms with Crippen LogP contribution in [0.1, 0.15) is 23.4 Å². The highest BCUT2D eigenvalue weighted by molar-refractivity contribution is 6.52. The molecule has 5 heterocycles. The third kappa shape index (κ3) is 4.92. The van der Waals surface area contributed by atoms with Gasteiger partial charge in [-0.1, -0.05) is 72.8 Å². The molecule has 5 aromatic rings. The summed E-state index contributed by atoms with van der Waals surface area (Å²) in [5.41, 5.74) is 8.95. The molecule has 6 nitrogen and oxygen atoms in total. The van der Waals surface area contributed by atoms with E-state index in [0.717, 1.165) is 68.4 Å². The number of nitrogens with zero attached hydrogens (tertiary/aromatic N) is 2. The molecule has 2 aromatic heterocycles. The average molecular weight is 571 g/mol. The zero-order valence-corrected chi connectivity index (χ0v) is 24.0. The summed E-state index contributed by atoms with van der Waals surface area (Å²) < 4.78 is 0. The smallest absolute Gasteiger partial charge is 0.113 e. The third-order valence-electron chi connectivity index (χ3n) is 8.14. The molecule has 0 amide bonds. The Kier molecular flexibility index (Phi) is 6.30. The normalized spacial score (nSPS) is 19.6. The molecule has 3 aromatic carbocycles. The van der Waals surface area contributed by atoms with E-state index in [1.165, 1.54) is 5.56 Å². The summed E-state index contributed by atoms with van der Waals surface area (Å²) in [5.74, 6) is 0. The Morgan fingerprint density at radius 2 is 1.52 bits per heavy atom. The maximum Gasteiger partial charge on any atom is 0.113 e. The van der Waals surface area contributed by atoms with Crippen LogP contribution in [-0.2, 0) is 5.54 Å². The van der Waals surface area contributed by atoms with Gasteiger partial charge in [-0.2, -0.15) is 0 Å². The van der Waals surface area contributed by atoms with Crippen molar-refractivity contribution >= 4 is 34.6 Å². The van der Waals surface area contributed by atoms with E-state index in [-0.39, 0.29) is 0 Å². The molecule has 6 heteroatoms. The molecule has 8 bridgehead atoms. The molecule has 0 spiro atoms. The van der Waals surface area contributed by atoms with Gasteiger partial charge in [0.25, 0.3) is 0 Å².